The monoisotopic (exact) mass is 236 g/mol. The number of anilines is 1. The third kappa shape index (κ3) is 2.36. The van der Waals surface area contributed by atoms with Gasteiger partial charge in [-0.05, 0) is 25.0 Å². The fraction of sp³-hybridized carbons (Fsp3) is 0.538. The zero-order valence-corrected chi connectivity index (χ0v) is 10.8. The van der Waals surface area contributed by atoms with Crippen LogP contribution in [0, 0.1) is 6.92 Å². The minimum Gasteiger partial charge on any atom is -0.377 e. The van der Waals surface area contributed by atoms with Crippen molar-refractivity contribution in [2.24, 2.45) is 5.73 Å². The number of aryl methyl sites for hydroxylation is 1. The first-order valence-electron chi connectivity index (χ1n) is 5.81. The van der Waals surface area contributed by atoms with Gasteiger partial charge in [0.15, 0.2) is 0 Å². The summed E-state index contributed by atoms with van der Waals surface area (Å²) >= 11 is 2.01. The molecular weight excluding hydrogens is 216 g/mol. The molecule has 0 bridgehead atoms. The molecule has 0 spiro atoms. The van der Waals surface area contributed by atoms with Gasteiger partial charge in [-0.25, -0.2) is 0 Å². The molecule has 0 radical (unpaired) electrons. The smallest absolute Gasteiger partial charge is 0.0596 e. The molecule has 88 valence electrons. The maximum absolute atomic E-state index is 5.95. The zero-order chi connectivity index (χ0) is 11.6. The molecule has 3 N–H and O–H groups in total. The van der Waals surface area contributed by atoms with E-state index in [0.717, 1.165) is 12.2 Å². The molecule has 1 heterocycles. The lowest BCUT2D eigenvalue weighted by Gasteiger charge is -2.30. The van der Waals surface area contributed by atoms with Crippen LogP contribution in [0.15, 0.2) is 24.3 Å². The second-order valence-corrected chi connectivity index (χ2v) is 6.18. The van der Waals surface area contributed by atoms with E-state index in [-0.39, 0.29) is 5.54 Å². The highest BCUT2D eigenvalue weighted by Crippen LogP contribution is 2.36. The van der Waals surface area contributed by atoms with E-state index in [1.165, 1.54) is 11.3 Å². The lowest BCUT2D eigenvalue weighted by molar-refractivity contribution is 0.513. The molecule has 2 rings (SSSR count). The van der Waals surface area contributed by atoms with Crippen LogP contribution in [0.2, 0.25) is 0 Å². The van der Waals surface area contributed by atoms with E-state index < -0.39 is 0 Å². The molecule has 1 fully saturated rings. The minimum atomic E-state index is 0.0934. The van der Waals surface area contributed by atoms with Gasteiger partial charge in [-0.15, -0.1) is 0 Å². The average Bonchev–Trinajstić information content (AvgIpc) is 2.65. The maximum atomic E-state index is 5.95. The highest BCUT2D eigenvalue weighted by atomic mass is 32.2. The standard InChI is InChI=1S/C13H20N2S/c1-10-5-3-4-6-12(10)15-13(8-14)7-11(2)16-9-13/h3-6,11,15H,7-9,14H2,1-2H3. The molecule has 1 aromatic rings. The average molecular weight is 236 g/mol. The first kappa shape index (κ1) is 11.8. The molecule has 3 heteroatoms. The van der Waals surface area contributed by atoms with Gasteiger partial charge in [0.2, 0.25) is 0 Å². The third-order valence-corrected chi connectivity index (χ3v) is 4.71. The summed E-state index contributed by atoms with van der Waals surface area (Å²) in [6.45, 7) is 5.12. The molecular formula is C13H20N2S. The Balaban J connectivity index is 2.16. The fourth-order valence-electron chi connectivity index (χ4n) is 2.25. The van der Waals surface area contributed by atoms with Crippen molar-refractivity contribution in [1.29, 1.82) is 0 Å². The van der Waals surface area contributed by atoms with Crippen LogP contribution in [0.4, 0.5) is 5.69 Å². The number of hydrogen-bond donors (Lipinski definition) is 2. The van der Waals surface area contributed by atoms with E-state index in [9.17, 15) is 0 Å². The maximum Gasteiger partial charge on any atom is 0.0596 e. The van der Waals surface area contributed by atoms with Crippen molar-refractivity contribution in [3.8, 4) is 0 Å². The molecule has 16 heavy (non-hydrogen) atoms. The molecule has 2 atom stereocenters. The molecule has 1 saturated heterocycles. The SMILES string of the molecule is Cc1ccccc1NC1(CN)CSC(C)C1. The van der Waals surface area contributed by atoms with Crippen LogP contribution in [-0.2, 0) is 0 Å². The van der Waals surface area contributed by atoms with Crippen molar-refractivity contribution in [3.05, 3.63) is 29.8 Å². The first-order chi connectivity index (χ1) is 7.65. The Hall–Kier alpha value is -0.670. The van der Waals surface area contributed by atoms with E-state index in [0.29, 0.717) is 11.8 Å². The van der Waals surface area contributed by atoms with E-state index in [1.807, 2.05) is 11.8 Å². The highest BCUT2D eigenvalue weighted by molar-refractivity contribution is 8.00. The molecule has 1 aromatic carbocycles. The summed E-state index contributed by atoms with van der Waals surface area (Å²) < 4.78 is 0. The lowest BCUT2D eigenvalue weighted by Crippen LogP contribution is -2.46. The van der Waals surface area contributed by atoms with Crippen LogP contribution in [0.3, 0.4) is 0 Å². The summed E-state index contributed by atoms with van der Waals surface area (Å²) in [6, 6.07) is 8.42. The predicted octanol–water partition coefficient (Wildman–Crippen LogP) is 2.63. The number of nitrogens with one attached hydrogen (secondary N) is 1. The van der Waals surface area contributed by atoms with Crippen LogP contribution >= 0.6 is 11.8 Å². The number of rotatable bonds is 3. The van der Waals surface area contributed by atoms with Gasteiger partial charge in [0, 0.05) is 23.2 Å². The Morgan fingerprint density at radius 3 is 2.81 bits per heavy atom. The molecule has 0 aliphatic carbocycles. The topological polar surface area (TPSA) is 38.0 Å². The van der Waals surface area contributed by atoms with E-state index >= 15 is 0 Å². The fourth-order valence-corrected chi connectivity index (χ4v) is 3.60. The summed E-state index contributed by atoms with van der Waals surface area (Å²) in [5, 5.41) is 4.37. The molecule has 1 aliphatic heterocycles. The van der Waals surface area contributed by atoms with Crippen LogP contribution in [0.25, 0.3) is 0 Å². The van der Waals surface area contributed by atoms with Crippen LogP contribution in [0.5, 0.6) is 0 Å². The van der Waals surface area contributed by atoms with Gasteiger partial charge >= 0.3 is 0 Å². The summed E-state index contributed by atoms with van der Waals surface area (Å²) in [5.74, 6) is 1.11. The normalized spacial score (nSPS) is 29.3. The van der Waals surface area contributed by atoms with Gasteiger partial charge in [0.1, 0.15) is 0 Å². The van der Waals surface area contributed by atoms with Crippen molar-refractivity contribution in [2.75, 3.05) is 17.6 Å². The van der Waals surface area contributed by atoms with Gasteiger partial charge in [0.05, 0.1) is 5.54 Å². The Labute approximate surface area is 102 Å². The summed E-state index contributed by atoms with van der Waals surface area (Å²) in [5.41, 5.74) is 8.56. The molecule has 0 amide bonds. The summed E-state index contributed by atoms with van der Waals surface area (Å²) in [4.78, 5) is 0. The second-order valence-electron chi connectivity index (χ2n) is 4.75. The van der Waals surface area contributed by atoms with Crippen molar-refractivity contribution in [1.82, 2.24) is 0 Å². The van der Waals surface area contributed by atoms with Gasteiger partial charge in [-0.3, -0.25) is 0 Å². The Bertz CT molecular complexity index is 367. The number of hydrogen-bond acceptors (Lipinski definition) is 3. The van der Waals surface area contributed by atoms with Gasteiger partial charge in [0.25, 0.3) is 0 Å². The van der Waals surface area contributed by atoms with Crippen LogP contribution in [0.1, 0.15) is 18.9 Å². The number of benzene rings is 1. The summed E-state index contributed by atoms with van der Waals surface area (Å²) in [7, 11) is 0. The largest absolute Gasteiger partial charge is 0.377 e. The first-order valence-corrected chi connectivity index (χ1v) is 6.85. The minimum absolute atomic E-state index is 0.0934. The molecule has 2 nitrogen and oxygen atoms in total. The Morgan fingerprint density at radius 1 is 1.50 bits per heavy atom. The second kappa shape index (κ2) is 4.68. The Kier molecular flexibility index (Phi) is 3.45. The molecule has 0 aromatic heterocycles. The zero-order valence-electron chi connectivity index (χ0n) is 9.99. The van der Waals surface area contributed by atoms with E-state index in [2.05, 4.69) is 43.4 Å². The van der Waals surface area contributed by atoms with E-state index in [4.69, 9.17) is 5.73 Å². The van der Waals surface area contributed by atoms with Gasteiger partial charge in [-0.1, -0.05) is 25.1 Å². The number of para-hydroxylation sites is 1. The third-order valence-electron chi connectivity index (χ3n) is 3.26. The van der Waals surface area contributed by atoms with Crippen molar-refractivity contribution in [3.63, 3.8) is 0 Å². The number of thioether (sulfide) groups is 1. The predicted molar refractivity (Wildman–Crippen MR) is 73.1 cm³/mol. The van der Waals surface area contributed by atoms with Crippen molar-refractivity contribution >= 4 is 17.4 Å². The van der Waals surface area contributed by atoms with Gasteiger partial charge in [-0.2, -0.15) is 11.8 Å². The molecule has 0 saturated carbocycles. The molecule has 2 unspecified atom stereocenters. The van der Waals surface area contributed by atoms with Crippen molar-refractivity contribution < 1.29 is 0 Å². The number of nitrogens with two attached hydrogens (primary N) is 1. The van der Waals surface area contributed by atoms with Gasteiger partial charge < -0.3 is 11.1 Å². The highest BCUT2D eigenvalue weighted by Gasteiger charge is 2.36. The van der Waals surface area contributed by atoms with Crippen LogP contribution < -0.4 is 11.1 Å². The Morgan fingerprint density at radius 2 is 2.25 bits per heavy atom. The van der Waals surface area contributed by atoms with Crippen molar-refractivity contribution in [2.45, 2.75) is 31.1 Å². The molecule has 1 aliphatic rings. The van der Waals surface area contributed by atoms with E-state index in [1.54, 1.807) is 0 Å². The van der Waals surface area contributed by atoms with Crippen LogP contribution in [-0.4, -0.2) is 23.1 Å². The lowest BCUT2D eigenvalue weighted by atomic mass is 9.95. The quantitative estimate of drug-likeness (QED) is 0.847. The summed E-state index contributed by atoms with van der Waals surface area (Å²) in [6.07, 6.45) is 1.16.